The van der Waals surface area contributed by atoms with Crippen LogP contribution < -0.4 is 18.4 Å². The Morgan fingerprint density at radius 2 is 1.15 bits per heavy atom. The van der Waals surface area contributed by atoms with Crippen molar-refractivity contribution in [1.82, 2.24) is 10.6 Å². The van der Waals surface area contributed by atoms with E-state index >= 15 is 17.6 Å². The third-order valence-corrected chi connectivity index (χ3v) is 14.9. The van der Waals surface area contributed by atoms with Gasteiger partial charge < -0.3 is 0 Å². The molecule has 216 valence electrons. The van der Waals surface area contributed by atoms with Crippen molar-refractivity contribution in [2.75, 3.05) is 13.2 Å². The number of rotatable bonds is 10. The summed E-state index contributed by atoms with van der Waals surface area (Å²) in [6.07, 6.45) is 9.30. The minimum absolute atomic E-state index is 0.0523. The van der Waals surface area contributed by atoms with Gasteiger partial charge in [0.25, 0.3) is 0 Å². The summed E-state index contributed by atoms with van der Waals surface area (Å²) in [5.74, 6) is -3.82. The number of ether oxygens (including phenoxy) is 2. The molecular weight excluding hydrogens is 576 g/mol. The zero-order valence-electron chi connectivity index (χ0n) is 22.7. The molecular formula is C30H30F4N2O4Ti. The number of alkyl carbamates (subject to hydrolysis) is 2. The van der Waals surface area contributed by atoms with E-state index < -0.39 is 52.0 Å². The topological polar surface area (TPSA) is 76.7 Å². The van der Waals surface area contributed by atoms with Gasteiger partial charge in [0.05, 0.1) is 0 Å². The number of benzene rings is 2. The first-order valence-corrected chi connectivity index (χ1v) is 16.4. The molecule has 0 bridgehead atoms. The van der Waals surface area contributed by atoms with Crippen LogP contribution in [0.15, 0.2) is 68.5 Å². The van der Waals surface area contributed by atoms with Crippen molar-refractivity contribution in [3.05, 3.63) is 103 Å². The number of allylic oxidation sites excluding steroid dienone is 8. The average Bonchev–Trinajstić information content (AvgIpc) is 3.67. The Morgan fingerprint density at radius 1 is 0.732 bits per heavy atom. The van der Waals surface area contributed by atoms with E-state index in [1.54, 1.807) is 50.3 Å². The summed E-state index contributed by atoms with van der Waals surface area (Å²) in [7, 11) is 0. The number of carbonyl (C=O) groups excluding carboxylic acids is 2. The van der Waals surface area contributed by atoms with Gasteiger partial charge in [-0.05, 0) is 0 Å². The minimum atomic E-state index is -5.03. The maximum absolute atomic E-state index is 16.6. The van der Waals surface area contributed by atoms with Crippen LogP contribution in [-0.2, 0) is 39.2 Å². The fraction of sp³-hybridized carbons (Fsp3) is 0.267. The van der Waals surface area contributed by atoms with Crippen LogP contribution >= 0.6 is 0 Å². The molecule has 0 fully saturated rings. The Morgan fingerprint density at radius 3 is 1.49 bits per heavy atom. The number of amides is 2. The first-order chi connectivity index (χ1) is 19.7. The summed E-state index contributed by atoms with van der Waals surface area (Å²) in [6.45, 7) is 2.79. The molecule has 11 heteroatoms. The zero-order chi connectivity index (χ0) is 29.6. The molecule has 0 saturated heterocycles. The van der Waals surface area contributed by atoms with Gasteiger partial charge in [0.2, 0.25) is 0 Å². The fourth-order valence-electron chi connectivity index (χ4n) is 5.28. The van der Waals surface area contributed by atoms with Gasteiger partial charge in [-0.15, -0.1) is 0 Å². The fourth-order valence-corrected chi connectivity index (χ4v) is 13.6. The van der Waals surface area contributed by atoms with Crippen molar-refractivity contribution in [3.8, 4) is 0 Å². The molecule has 2 aliphatic carbocycles. The average molecular weight is 606 g/mol. The SMILES string of the molecule is CCOC(=O)NCc1ccc(F)[c]([Ti]([C]2=CC=CC2)([C]2=CC=CC2)[c]2c(F)ccc(CNC(=O)OCC)c2F)c1F. The van der Waals surface area contributed by atoms with E-state index in [4.69, 9.17) is 9.47 Å². The van der Waals surface area contributed by atoms with E-state index in [0.29, 0.717) is 7.76 Å². The van der Waals surface area contributed by atoms with Crippen LogP contribution in [0, 0.1) is 23.3 Å². The Bertz CT molecular complexity index is 1360. The Hall–Kier alpha value is -3.63. The molecule has 0 aliphatic heterocycles. The molecule has 4 rings (SSSR count). The van der Waals surface area contributed by atoms with Gasteiger partial charge in [0, 0.05) is 0 Å². The van der Waals surface area contributed by atoms with E-state index in [9.17, 15) is 9.59 Å². The third kappa shape index (κ3) is 6.04. The second-order valence-corrected chi connectivity index (χ2v) is 15.2. The zero-order valence-corrected chi connectivity index (χ0v) is 24.2. The number of hydrogen-bond acceptors (Lipinski definition) is 4. The Kier molecular flexibility index (Phi) is 9.88. The van der Waals surface area contributed by atoms with Crippen LogP contribution in [-0.4, -0.2) is 25.4 Å². The van der Waals surface area contributed by atoms with Gasteiger partial charge in [0.1, 0.15) is 0 Å². The Labute approximate surface area is 239 Å². The molecule has 2 aromatic carbocycles. The van der Waals surface area contributed by atoms with Gasteiger partial charge in [-0.25, -0.2) is 0 Å². The van der Waals surface area contributed by atoms with Crippen LogP contribution in [0.25, 0.3) is 0 Å². The molecule has 0 spiro atoms. The predicted octanol–water partition coefficient (Wildman–Crippen LogP) is 5.53. The normalized spacial score (nSPS) is 14.1. The van der Waals surface area contributed by atoms with E-state index in [1.807, 2.05) is 0 Å². The van der Waals surface area contributed by atoms with Crippen molar-refractivity contribution in [3.63, 3.8) is 0 Å². The van der Waals surface area contributed by atoms with Gasteiger partial charge >= 0.3 is 240 Å². The second-order valence-electron chi connectivity index (χ2n) is 9.34. The molecule has 2 aliphatic rings. The number of nitrogens with one attached hydrogen (secondary N) is 2. The molecule has 2 amide bonds. The van der Waals surface area contributed by atoms with E-state index in [2.05, 4.69) is 10.6 Å². The molecule has 2 aromatic rings. The Balaban J connectivity index is 1.97. The van der Waals surface area contributed by atoms with Gasteiger partial charge in [-0.2, -0.15) is 0 Å². The molecule has 2 N–H and O–H groups in total. The standard InChI is InChI=1S/2C10H10F2NO2.2C5H5.Ti/c2*1-2-15-10(14)13-6-7-3-4-8(11)5-9(7)12;2*1-2-4-5-3-1;/h2*3-4H,2,6H2,1H3,(H,13,14);2*1-3H,4H2;. The number of halogens is 4. The van der Waals surface area contributed by atoms with E-state index in [0.717, 1.165) is 12.1 Å². The monoisotopic (exact) mass is 606 g/mol. The van der Waals surface area contributed by atoms with Gasteiger partial charge in [0.15, 0.2) is 0 Å². The molecule has 0 heterocycles. The molecule has 0 unspecified atom stereocenters. The van der Waals surface area contributed by atoms with Crippen molar-refractivity contribution >= 4 is 19.9 Å². The summed E-state index contributed by atoms with van der Waals surface area (Å²) < 4.78 is 75.2. The summed E-state index contributed by atoms with van der Waals surface area (Å²) in [4.78, 5) is 23.8. The second kappa shape index (κ2) is 13.4. The summed E-state index contributed by atoms with van der Waals surface area (Å²) in [5.41, 5.74) is -0.105. The number of carbonyl (C=O) groups is 2. The molecule has 0 saturated carbocycles. The summed E-state index contributed by atoms with van der Waals surface area (Å²) >= 11 is -5.03. The van der Waals surface area contributed by atoms with Crippen molar-refractivity contribution in [2.24, 2.45) is 0 Å². The van der Waals surface area contributed by atoms with Crippen LogP contribution in [0.2, 0.25) is 0 Å². The maximum atomic E-state index is 16.6. The van der Waals surface area contributed by atoms with Crippen LogP contribution in [0.3, 0.4) is 0 Å². The quantitative estimate of drug-likeness (QED) is 0.276. The van der Waals surface area contributed by atoms with Crippen molar-refractivity contribution < 1.29 is 53.2 Å². The van der Waals surface area contributed by atoms with Crippen molar-refractivity contribution in [2.45, 2.75) is 39.8 Å². The molecule has 0 aromatic heterocycles. The van der Waals surface area contributed by atoms with Gasteiger partial charge in [-0.1, -0.05) is 0 Å². The van der Waals surface area contributed by atoms with E-state index in [1.165, 1.54) is 12.1 Å². The van der Waals surface area contributed by atoms with Crippen molar-refractivity contribution in [1.29, 1.82) is 0 Å². The van der Waals surface area contributed by atoms with Crippen LogP contribution in [0.1, 0.15) is 37.8 Å². The van der Waals surface area contributed by atoms with Crippen LogP contribution in [0.4, 0.5) is 27.2 Å². The number of hydrogen-bond donors (Lipinski definition) is 2. The first-order valence-electron chi connectivity index (χ1n) is 13.2. The molecule has 0 atom stereocenters. The molecule has 6 nitrogen and oxygen atoms in total. The van der Waals surface area contributed by atoms with E-state index in [-0.39, 0.29) is 58.0 Å². The van der Waals surface area contributed by atoms with Crippen LogP contribution in [0.5, 0.6) is 0 Å². The summed E-state index contributed by atoms with van der Waals surface area (Å²) in [5, 5.41) is 4.86. The van der Waals surface area contributed by atoms with Gasteiger partial charge in [-0.3, -0.25) is 0 Å². The molecule has 0 radical (unpaired) electrons. The first kappa shape index (κ1) is 30.3. The summed E-state index contributed by atoms with van der Waals surface area (Å²) in [6, 6.07) is 4.52. The predicted molar refractivity (Wildman–Crippen MR) is 143 cm³/mol. The third-order valence-electron chi connectivity index (χ3n) is 7.00. The molecule has 41 heavy (non-hydrogen) atoms.